The second-order valence-corrected chi connectivity index (χ2v) is 5.21. The Morgan fingerprint density at radius 1 is 1.25 bits per heavy atom. The molecule has 2 unspecified atom stereocenters. The van der Waals surface area contributed by atoms with Gasteiger partial charge in [0, 0.05) is 17.5 Å². The van der Waals surface area contributed by atoms with Crippen molar-refractivity contribution in [3.63, 3.8) is 0 Å². The third-order valence-corrected chi connectivity index (χ3v) is 3.27. The van der Waals surface area contributed by atoms with E-state index in [1.165, 1.54) is 0 Å². The number of aliphatic hydroxyl groups is 1. The standard InChI is InChI=1S/C13H17BrN2O4/c1-8(9-2-4-10(14)5-3-9)15-13(20)16-11(6-7-17)12(18)19/h2-5,8,11,17H,6-7H2,1H3,(H,18,19)(H2,15,16,20). The molecule has 0 saturated heterocycles. The largest absolute Gasteiger partial charge is 0.480 e. The van der Waals surface area contributed by atoms with Gasteiger partial charge in [0.2, 0.25) is 0 Å². The zero-order valence-electron chi connectivity index (χ0n) is 11.0. The number of carboxylic acids is 1. The van der Waals surface area contributed by atoms with E-state index in [4.69, 9.17) is 10.2 Å². The molecule has 4 N–H and O–H groups in total. The predicted octanol–water partition coefficient (Wildman–Crippen LogP) is 1.64. The summed E-state index contributed by atoms with van der Waals surface area (Å²) in [6.07, 6.45) is -0.0323. The van der Waals surface area contributed by atoms with Crippen LogP contribution in [-0.4, -0.2) is 34.9 Å². The van der Waals surface area contributed by atoms with Gasteiger partial charge < -0.3 is 20.8 Å². The first-order chi connectivity index (χ1) is 9.43. The van der Waals surface area contributed by atoms with Gasteiger partial charge in [-0.3, -0.25) is 0 Å². The van der Waals surface area contributed by atoms with Crippen LogP contribution in [-0.2, 0) is 4.79 Å². The summed E-state index contributed by atoms with van der Waals surface area (Å²) in [4.78, 5) is 22.6. The molecule has 0 aliphatic carbocycles. The molecule has 0 saturated carbocycles. The topological polar surface area (TPSA) is 98.7 Å². The van der Waals surface area contributed by atoms with E-state index in [0.717, 1.165) is 10.0 Å². The fourth-order valence-electron chi connectivity index (χ4n) is 1.62. The number of halogens is 1. The summed E-state index contributed by atoms with van der Waals surface area (Å²) in [6, 6.07) is 5.49. The first-order valence-electron chi connectivity index (χ1n) is 6.10. The van der Waals surface area contributed by atoms with Gasteiger partial charge in [0.05, 0.1) is 6.04 Å². The number of aliphatic carboxylic acids is 1. The Labute approximate surface area is 125 Å². The van der Waals surface area contributed by atoms with Crippen molar-refractivity contribution in [1.82, 2.24) is 10.6 Å². The van der Waals surface area contributed by atoms with E-state index < -0.39 is 18.0 Å². The Bertz CT molecular complexity index is 464. The molecule has 1 aromatic rings. The van der Waals surface area contributed by atoms with Crippen LogP contribution in [0.25, 0.3) is 0 Å². The van der Waals surface area contributed by atoms with Gasteiger partial charge in [-0.05, 0) is 24.6 Å². The molecule has 2 atom stereocenters. The quantitative estimate of drug-likeness (QED) is 0.630. The minimum atomic E-state index is -1.18. The van der Waals surface area contributed by atoms with Crippen LogP contribution >= 0.6 is 15.9 Å². The molecule has 0 aliphatic rings. The number of nitrogens with one attached hydrogen (secondary N) is 2. The molecule has 1 rings (SSSR count). The number of carboxylic acid groups (broad SMARTS) is 1. The Balaban J connectivity index is 2.56. The molecular weight excluding hydrogens is 328 g/mol. The number of benzene rings is 1. The summed E-state index contributed by atoms with van der Waals surface area (Å²) in [5.74, 6) is -1.18. The number of hydrogen-bond donors (Lipinski definition) is 4. The van der Waals surface area contributed by atoms with E-state index in [9.17, 15) is 9.59 Å². The Morgan fingerprint density at radius 3 is 2.35 bits per heavy atom. The SMILES string of the molecule is CC(NC(=O)NC(CCO)C(=O)O)c1ccc(Br)cc1. The summed E-state index contributed by atoms with van der Waals surface area (Å²) < 4.78 is 0.937. The van der Waals surface area contributed by atoms with Gasteiger partial charge in [-0.25, -0.2) is 9.59 Å². The second kappa shape index (κ2) is 7.86. The van der Waals surface area contributed by atoms with Gasteiger partial charge >= 0.3 is 12.0 Å². The molecule has 0 radical (unpaired) electrons. The summed E-state index contributed by atoms with van der Waals surface area (Å²) >= 11 is 3.32. The zero-order valence-corrected chi connectivity index (χ0v) is 12.6. The molecular formula is C13H17BrN2O4. The normalized spacial score (nSPS) is 13.3. The van der Waals surface area contributed by atoms with Crippen molar-refractivity contribution in [2.24, 2.45) is 0 Å². The van der Waals surface area contributed by atoms with Crippen molar-refractivity contribution in [1.29, 1.82) is 0 Å². The lowest BCUT2D eigenvalue weighted by Gasteiger charge is -2.18. The van der Waals surface area contributed by atoms with E-state index in [-0.39, 0.29) is 19.1 Å². The molecule has 0 heterocycles. The van der Waals surface area contributed by atoms with Crippen molar-refractivity contribution < 1.29 is 19.8 Å². The van der Waals surface area contributed by atoms with Gasteiger partial charge in [-0.2, -0.15) is 0 Å². The minimum absolute atomic E-state index is 0.0323. The average Bonchev–Trinajstić information content (AvgIpc) is 2.38. The fourth-order valence-corrected chi connectivity index (χ4v) is 1.88. The predicted molar refractivity (Wildman–Crippen MR) is 77.4 cm³/mol. The number of rotatable bonds is 6. The zero-order chi connectivity index (χ0) is 15.1. The first kappa shape index (κ1) is 16.5. The molecule has 1 aromatic carbocycles. The summed E-state index contributed by atoms with van der Waals surface area (Å²) in [7, 11) is 0. The molecule has 7 heteroatoms. The molecule has 110 valence electrons. The third-order valence-electron chi connectivity index (χ3n) is 2.74. The van der Waals surface area contributed by atoms with Crippen molar-refractivity contribution >= 4 is 27.9 Å². The van der Waals surface area contributed by atoms with Crippen LogP contribution in [0, 0.1) is 0 Å². The van der Waals surface area contributed by atoms with Crippen LogP contribution in [0.2, 0.25) is 0 Å². The molecule has 0 aromatic heterocycles. The molecule has 0 spiro atoms. The van der Waals surface area contributed by atoms with Crippen LogP contribution in [0.1, 0.15) is 24.9 Å². The highest BCUT2D eigenvalue weighted by molar-refractivity contribution is 9.10. The Hall–Kier alpha value is -1.60. The van der Waals surface area contributed by atoms with Crippen LogP contribution in [0.5, 0.6) is 0 Å². The van der Waals surface area contributed by atoms with E-state index in [1.807, 2.05) is 24.3 Å². The average molecular weight is 345 g/mol. The third kappa shape index (κ3) is 5.18. The Morgan fingerprint density at radius 2 is 1.85 bits per heavy atom. The lowest BCUT2D eigenvalue weighted by atomic mass is 10.1. The second-order valence-electron chi connectivity index (χ2n) is 4.29. The van der Waals surface area contributed by atoms with Gasteiger partial charge in [0.1, 0.15) is 6.04 Å². The number of amides is 2. The van der Waals surface area contributed by atoms with Crippen molar-refractivity contribution in [3.8, 4) is 0 Å². The van der Waals surface area contributed by atoms with Gasteiger partial charge in [0.25, 0.3) is 0 Å². The van der Waals surface area contributed by atoms with Gasteiger partial charge in [-0.1, -0.05) is 28.1 Å². The van der Waals surface area contributed by atoms with Crippen molar-refractivity contribution in [2.75, 3.05) is 6.61 Å². The molecule has 20 heavy (non-hydrogen) atoms. The highest BCUT2D eigenvalue weighted by Crippen LogP contribution is 2.16. The van der Waals surface area contributed by atoms with E-state index in [2.05, 4.69) is 26.6 Å². The van der Waals surface area contributed by atoms with Crippen LogP contribution in [0.15, 0.2) is 28.7 Å². The summed E-state index contributed by atoms with van der Waals surface area (Å²) in [6.45, 7) is 1.49. The molecule has 0 fully saturated rings. The lowest BCUT2D eigenvalue weighted by molar-refractivity contribution is -0.139. The summed E-state index contributed by atoms with van der Waals surface area (Å²) in [5.41, 5.74) is 0.900. The van der Waals surface area contributed by atoms with Gasteiger partial charge in [-0.15, -0.1) is 0 Å². The summed E-state index contributed by atoms with van der Waals surface area (Å²) in [5, 5.41) is 22.6. The molecule has 0 bridgehead atoms. The maximum atomic E-state index is 11.7. The van der Waals surface area contributed by atoms with E-state index in [0.29, 0.717) is 0 Å². The number of aliphatic hydroxyl groups excluding tert-OH is 1. The lowest BCUT2D eigenvalue weighted by Crippen LogP contribution is -2.47. The highest BCUT2D eigenvalue weighted by atomic mass is 79.9. The number of carbonyl (C=O) groups is 2. The number of urea groups is 1. The van der Waals surface area contributed by atoms with Crippen LogP contribution < -0.4 is 10.6 Å². The van der Waals surface area contributed by atoms with Crippen molar-refractivity contribution in [2.45, 2.75) is 25.4 Å². The smallest absolute Gasteiger partial charge is 0.326 e. The number of carbonyl (C=O) groups excluding carboxylic acids is 1. The van der Waals surface area contributed by atoms with Crippen LogP contribution in [0.3, 0.4) is 0 Å². The Kier molecular flexibility index (Phi) is 6.47. The monoisotopic (exact) mass is 344 g/mol. The van der Waals surface area contributed by atoms with Crippen molar-refractivity contribution in [3.05, 3.63) is 34.3 Å². The first-order valence-corrected chi connectivity index (χ1v) is 6.89. The van der Waals surface area contributed by atoms with E-state index in [1.54, 1.807) is 6.92 Å². The van der Waals surface area contributed by atoms with Crippen LogP contribution in [0.4, 0.5) is 4.79 Å². The minimum Gasteiger partial charge on any atom is -0.480 e. The molecule has 2 amide bonds. The van der Waals surface area contributed by atoms with E-state index >= 15 is 0 Å². The fraction of sp³-hybridized carbons (Fsp3) is 0.385. The highest BCUT2D eigenvalue weighted by Gasteiger charge is 2.20. The van der Waals surface area contributed by atoms with Gasteiger partial charge in [0.15, 0.2) is 0 Å². The molecule has 6 nitrogen and oxygen atoms in total. The number of hydrogen-bond acceptors (Lipinski definition) is 3. The molecule has 0 aliphatic heterocycles. The maximum absolute atomic E-state index is 11.7. The maximum Gasteiger partial charge on any atom is 0.326 e.